The maximum atomic E-state index is 11.5. The van der Waals surface area contributed by atoms with Crippen molar-refractivity contribution in [3.05, 3.63) is 0 Å². The van der Waals surface area contributed by atoms with Crippen molar-refractivity contribution in [2.24, 2.45) is 0 Å². The average Bonchev–Trinajstić information content (AvgIpc) is 2.38. The molecule has 0 aromatic heterocycles. The number of aliphatic hydroxyl groups excluding tert-OH is 1. The van der Waals surface area contributed by atoms with E-state index in [1.807, 2.05) is 0 Å². The van der Waals surface area contributed by atoms with E-state index >= 15 is 0 Å². The second-order valence-electron chi connectivity index (χ2n) is 5.30. The average molecular weight is 256 g/mol. The summed E-state index contributed by atoms with van der Waals surface area (Å²) in [5.74, 6) is 0.416. The summed E-state index contributed by atoms with van der Waals surface area (Å²) in [6.07, 6.45) is 14.6. The summed E-state index contributed by atoms with van der Waals surface area (Å²) >= 11 is 0. The van der Waals surface area contributed by atoms with E-state index in [-0.39, 0.29) is 6.61 Å². The fourth-order valence-electron chi connectivity index (χ4n) is 2.19. The molecule has 1 N–H and O–H groups in total. The number of ketones is 1. The molecule has 0 radical (unpaired) electrons. The van der Waals surface area contributed by atoms with Crippen LogP contribution in [0.15, 0.2) is 0 Å². The molecule has 0 aliphatic rings. The van der Waals surface area contributed by atoms with Crippen LogP contribution >= 0.6 is 0 Å². The van der Waals surface area contributed by atoms with Crippen LogP contribution in [-0.4, -0.2) is 17.5 Å². The maximum absolute atomic E-state index is 11.5. The molecule has 18 heavy (non-hydrogen) atoms. The van der Waals surface area contributed by atoms with Crippen LogP contribution in [-0.2, 0) is 4.79 Å². The fourth-order valence-corrected chi connectivity index (χ4v) is 2.19. The molecule has 0 fully saturated rings. The van der Waals surface area contributed by atoms with E-state index in [1.165, 1.54) is 44.9 Å². The Morgan fingerprint density at radius 1 is 0.722 bits per heavy atom. The highest BCUT2D eigenvalue weighted by molar-refractivity contribution is 5.78. The van der Waals surface area contributed by atoms with Gasteiger partial charge in [-0.2, -0.15) is 0 Å². The lowest BCUT2D eigenvalue weighted by Gasteiger charge is -2.02. The van der Waals surface area contributed by atoms with Crippen LogP contribution in [0, 0.1) is 0 Å². The minimum absolute atomic E-state index is 0.256. The summed E-state index contributed by atoms with van der Waals surface area (Å²) in [5, 5.41) is 8.62. The van der Waals surface area contributed by atoms with Crippen molar-refractivity contribution in [2.45, 2.75) is 90.4 Å². The van der Waals surface area contributed by atoms with Crippen LogP contribution in [0.5, 0.6) is 0 Å². The van der Waals surface area contributed by atoms with Gasteiger partial charge in [0.25, 0.3) is 0 Å². The molecule has 0 heterocycles. The van der Waals surface area contributed by atoms with Gasteiger partial charge in [-0.15, -0.1) is 0 Å². The van der Waals surface area contributed by atoms with Crippen molar-refractivity contribution in [3.63, 3.8) is 0 Å². The summed E-state index contributed by atoms with van der Waals surface area (Å²) in [7, 11) is 0. The Morgan fingerprint density at radius 2 is 1.17 bits per heavy atom. The van der Waals surface area contributed by atoms with Gasteiger partial charge in [0.2, 0.25) is 0 Å². The first kappa shape index (κ1) is 17.6. The molecule has 0 atom stereocenters. The first-order valence-electron chi connectivity index (χ1n) is 7.93. The third-order valence-corrected chi connectivity index (χ3v) is 3.42. The van der Waals surface area contributed by atoms with Crippen molar-refractivity contribution in [1.82, 2.24) is 0 Å². The highest BCUT2D eigenvalue weighted by atomic mass is 16.2. The zero-order chi connectivity index (χ0) is 13.5. The quantitative estimate of drug-likeness (QED) is 0.460. The zero-order valence-electron chi connectivity index (χ0n) is 12.3. The lowest BCUT2D eigenvalue weighted by molar-refractivity contribution is -0.119. The summed E-state index contributed by atoms with van der Waals surface area (Å²) in [6.45, 7) is 2.50. The second kappa shape index (κ2) is 14.7. The third-order valence-electron chi connectivity index (χ3n) is 3.42. The van der Waals surface area contributed by atoms with Gasteiger partial charge >= 0.3 is 0 Å². The molecule has 0 amide bonds. The fraction of sp³-hybridized carbons (Fsp3) is 0.938. The predicted molar refractivity (Wildman–Crippen MR) is 77.8 cm³/mol. The van der Waals surface area contributed by atoms with Gasteiger partial charge in [0.15, 0.2) is 0 Å². The van der Waals surface area contributed by atoms with E-state index in [4.69, 9.17) is 5.11 Å². The van der Waals surface area contributed by atoms with Gasteiger partial charge in [0.1, 0.15) is 5.78 Å². The zero-order valence-corrected chi connectivity index (χ0v) is 12.3. The summed E-state index contributed by atoms with van der Waals surface area (Å²) in [4.78, 5) is 11.5. The molecule has 0 saturated heterocycles. The number of hydrogen-bond donors (Lipinski definition) is 1. The largest absolute Gasteiger partial charge is 0.396 e. The van der Waals surface area contributed by atoms with Gasteiger partial charge in [0.05, 0.1) is 0 Å². The number of aliphatic hydroxyl groups is 1. The molecular formula is C16H32O2. The van der Waals surface area contributed by atoms with Gasteiger partial charge in [-0.05, 0) is 19.3 Å². The standard InChI is InChI=1S/C16H32O2/c1-2-3-4-5-6-7-8-10-13-16(18)14-11-9-12-15-17/h17H,2-15H2,1H3. The van der Waals surface area contributed by atoms with E-state index in [9.17, 15) is 4.79 Å². The lowest BCUT2D eigenvalue weighted by Crippen LogP contribution is -1.98. The van der Waals surface area contributed by atoms with Crippen LogP contribution in [0.4, 0.5) is 0 Å². The van der Waals surface area contributed by atoms with E-state index in [2.05, 4.69) is 6.92 Å². The molecular weight excluding hydrogens is 224 g/mol. The van der Waals surface area contributed by atoms with Gasteiger partial charge in [-0.1, -0.05) is 58.3 Å². The van der Waals surface area contributed by atoms with E-state index in [1.54, 1.807) is 0 Å². The van der Waals surface area contributed by atoms with Crippen LogP contribution in [0.2, 0.25) is 0 Å². The Hall–Kier alpha value is -0.370. The van der Waals surface area contributed by atoms with Crippen molar-refractivity contribution in [3.8, 4) is 0 Å². The molecule has 0 aromatic rings. The Kier molecular flexibility index (Phi) is 14.4. The van der Waals surface area contributed by atoms with Crippen molar-refractivity contribution in [1.29, 1.82) is 0 Å². The number of rotatable bonds is 14. The van der Waals surface area contributed by atoms with Crippen molar-refractivity contribution < 1.29 is 9.90 Å². The SMILES string of the molecule is CCCCCCCCCCC(=O)CCCCCO. The monoisotopic (exact) mass is 256 g/mol. The van der Waals surface area contributed by atoms with Gasteiger partial charge in [-0.3, -0.25) is 4.79 Å². The summed E-state index contributed by atoms with van der Waals surface area (Å²) in [5.41, 5.74) is 0. The summed E-state index contributed by atoms with van der Waals surface area (Å²) in [6, 6.07) is 0. The molecule has 0 aliphatic carbocycles. The summed E-state index contributed by atoms with van der Waals surface area (Å²) < 4.78 is 0. The molecule has 0 aromatic carbocycles. The number of Topliss-reactive ketones (excluding diaryl/α,β-unsaturated/α-hetero) is 1. The highest BCUT2D eigenvalue weighted by Crippen LogP contribution is 2.11. The molecule has 0 bridgehead atoms. The smallest absolute Gasteiger partial charge is 0.132 e. The molecule has 0 unspecified atom stereocenters. The number of hydrogen-bond acceptors (Lipinski definition) is 2. The van der Waals surface area contributed by atoms with Gasteiger partial charge < -0.3 is 5.11 Å². The molecule has 2 heteroatoms. The van der Waals surface area contributed by atoms with Crippen molar-refractivity contribution >= 4 is 5.78 Å². The third kappa shape index (κ3) is 13.7. The molecule has 108 valence electrons. The minimum atomic E-state index is 0.256. The van der Waals surface area contributed by atoms with E-state index in [0.29, 0.717) is 5.78 Å². The maximum Gasteiger partial charge on any atom is 0.132 e. The first-order valence-corrected chi connectivity index (χ1v) is 7.93. The molecule has 0 saturated carbocycles. The van der Waals surface area contributed by atoms with Gasteiger partial charge in [0, 0.05) is 19.4 Å². The van der Waals surface area contributed by atoms with Gasteiger partial charge in [-0.25, -0.2) is 0 Å². The Bertz CT molecular complexity index is 178. The number of carbonyl (C=O) groups is 1. The minimum Gasteiger partial charge on any atom is -0.396 e. The predicted octanol–water partition coefficient (Wildman–Crippen LogP) is 4.64. The van der Waals surface area contributed by atoms with Crippen LogP contribution < -0.4 is 0 Å². The number of unbranched alkanes of at least 4 members (excludes halogenated alkanes) is 9. The normalized spacial score (nSPS) is 10.8. The Labute approximate surface area is 113 Å². The van der Waals surface area contributed by atoms with E-state index in [0.717, 1.165) is 38.5 Å². The van der Waals surface area contributed by atoms with Crippen LogP contribution in [0.1, 0.15) is 90.4 Å². The molecule has 0 spiro atoms. The topological polar surface area (TPSA) is 37.3 Å². The second-order valence-corrected chi connectivity index (χ2v) is 5.30. The molecule has 0 aliphatic heterocycles. The lowest BCUT2D eigenvalue weighted by atomic mass is 10.0. The van der Waals surface area contributed by atoms with Crippen LogP contribution in [0.25, 0.3) is 0 Å². The van der Waals surface area contributed by atoms with E-state index < -0.39 is 0 Å². The molecule has 0 rings (SSSR count). The van der Waals surface area contributed by atoms with Crippen LogP contribution in [0.3, 0.4) is 0 Å². The Balaban J connectivity index is 3.10. The highest BCUT2D eigenvalue weighted by Gasteiger charge is 2.01. The molecule has 2 nitrogen and oxygen atoms in total. The number of carbonyl (C=O) groups excluding carboxylic acids is 1. The Morgan fingerprint density at radius 3 is 1.67 bits per heavy atom. The first-order chi connectivity index (χ1) is 8.81. The van der Waals surface area contributed by atoms with Crippen molar-refractivity contribution in [2.75, 3.05) is 6.61 Å².